The second-order valence-electron chi connectivity index (χ2n) is 3.27. The molecule has 0 atom stereocenters. The summed E-state index contributed by atoms with van der Waals surface area (Å²) in [5.74, 6) is 0. The number of hydrogen-bond acceptors (Lipinski definition) is 2. The average Bonchev–Trinajstić information content (AvgIpc) is 2.82. The molecule has 2 rings (SSSR count). The van der Waals surface area contributed by atoms with E-state index < -0.39 is 0 Å². The minimum Gasteiger partial charge on any atom is -0.317 e. The molecule has 0 aromatic heterocycles. The predicted octanol–water partition coefficient (Wildman–Crippen LogP) is 2.16. The molecule has 2 fully saturated rings. The highest BCUT2D eigenvalue weighted by molar-refractivity contribution is 4.55. The molecule has 2 heteroatoms. The van der Waals surface area contributed by atoms with Crippen LogP contribution >= 0.6 is 0 Å². The number of piperidine rings is 1. The summed E-state index contributed by atoms with van der Waals surface area (Å²) < 4.78 is 0. The molecule has 0 unspecified atom stereocenters. The van der Waals surface area contributed by atoms with Crippen LogP contribution in [0.4, 0.5) is 0 Å². The molecule has 0 aromatic carbocycles. The number of nitrogens with one attached hydrogen (secondary N) is 2. The van der Waals surface area contributed by atoms with E-state index in [-0.39, 0.29) is 0 Å². The molecule has 2 saturated heterocycles. The van der Waals surface area contributed by atoms with E-state index in [1.165, 1.54) is 58.3 Å². The molecule has 0 aromatic rings. The van der Waals surface area contributed by atoms with Crippen molar-refractivity contribution in [3.8, 4) is 0 Å². The predicted molar refractivity (Wildman–Crippen MR) is 60.2 cm³/mol. The summed E-state index contributed by atoms with van der Waals surface area (Å²) in [5.41, 5.74) is 0. The summed E-state index contributed by atoms with van der Waals surface area (Å²) in [6.45, 7) is 9.00. The lowest BCUT2D eigenvalue weighted by Gasteiger charge is -2.08. The maximum atomic E-state index is 3.28. The van der Waals surface area contributed by atoms with Gasteiger partial charge in [-0.15, -0.1) is 0 Å². The van der Waals surface area contributed by atoms with Crippen LogP contribution in [0, 0.1) is 0 Å². The smallest absolute Gasteiger partial charge is 0.00484 e. The Bertz CT molecular complexity index is 57.0. The van der Waals surface area contributed by atoms with Crippen molar-refractivity contribution in [1.29, 1.82) is 0 Å². The lowest BCUT2D eigenvalue weighted by atomic mass is 10.2. The van der Waals surface area contributed by atoms with Gasteiger partial charge in [0.25, 0.3) is 0 Å². The fourth-order valence-corrected chi connectivity index (χ4v) is 1.43. The van der Waals surface area contributed by atoms with Crippen molar-refractivity contribution in [1.82, 2.24) is 10.6 Å². The van der Waals surface area contributed by atoms with E-state index in [1.807, 2.05) is 13.8 Å². The van der Waals surface area contributed by atoms with Crippen molar-refractivity contribution in [2.75, 3.05) is 26.2 Å². The Hall–Kier alpha value is -0.0800. The highest BCUT2D eigenvalue weighted by Gasteiger charge is 1.94. The third-order valence-electron chi connectivity index (χ3n) is 2.16. The van der Waals surface area contributed by atoms with Crippen LogP contribution in [-0.2, 0) is 0 Å². The first-order valence-electron chi connectivity index (χ1n) is 5.91. The zero-order valence-corrected chi connectivity index (χ0v) is 9.36. The molecule has 0 radical (unpaired) electrons. The molecule has 0 aliphatic carbocycles. The van der Waals surface area contributed by atoms with Crippen LogP contribution in [0.2, 0.25) is 0 Å². The lowest BCUT2D eigenvalue weighted by Crippen LogP contribution is -2.21. The van der Waals surface area contributed by atoms with Gasteiger partial charge in [-0.1, -0.05) is 20.3 Å². The first-order chi connectivity index (χ1) is 6.50. The fourth-order valence-electron chi connectivity index (χ4n) is 1.43. The van der Waals surface area contributed by atoms with Crippen LogP contribution in [0.15, 0.2) is 0 Å². The Morgan fingerprint density at radius 1 is 0.538 bits per heavy atom. The van der Waals surface area contributed by atoms with Gasteiger partial charge in [0.2, 0.25) is 0 Å². The van der Waals surface area contributed by atoms with E-state index in [1.54, 1.807) is 0 Å². The molecular weight excluding hydrogens is 160 g/mol. The zero-order valence-electron chi connectivity index (χ0n) is 9.36. The normalized spacial score (nSPS) is 20.8. The standard InChI is InChI=1S/C5H11N.C4H9N.C2H6/c1-2-4-6-5-3-1;1-2-4-5-3-1;1-2/h6H,1-5H2;5H,1-4H2;1-2H3. The second-order valence-corrected chi connectivity index (χ2v) is 3.27. The van der Waals surface area contributed by atoms with Crippen LogP contribution < -0.4 is 10.6 Å². The van der Waals surface area contributed by atoms with Crippen LogP contribution in [0.25, 0.3) is 0 Å². The van der Waals surface area contributed by atoms with E-state index >= 15 is 0 Å². The van der Waals surface area contributed by atoms with Gasteiger partial charge in [0.05, 0.1) is 0 Å². The van der Waals surface area contributed by atoms with Crippen molar-refractivity contribution in [3.05, 3.63) is 0 Å². The maximum Gasteiger partial charge on any atom is -0.00484 e. The Morgan fingerprint density at radius 2 is 0.846 bits per heavy atom. The molecular formula is C11H26N2. The zero-order chi connectivity index (χ0) is 9.78. The molecule has 13 heavy (non-hydrogen) atoms. The minimum atomic E-state index is 1.25. The first kappa shape index (κ1) is 12.9. The molecule has 2 aliphatic heterocycles. The third kappa shape index (κ3) is 9.84. The molecule has 0 amide bonds. The van der Waals surface area contributed by atoms with E-state index in [2.05, 4.69) is 10.6 Å². The van der Waals surface area contributed by atoms with Gasteiger partial charge in [0.15, 0.2) is 0 Å². The molecule has 2 aliphatic rings. The van der Waals surface area contributed by atoms with Crippen molar-refractivity contribution in [2.24, 2.45) is 0 Å². The second kappa shape index (κ2) is 11.9. The summed E-state index contributed by atoms with van der Waals surface area (Å²) in [6, 6.07) is 0. The van der Waals surface area contributed by atoms with Crippen molar-refractivity contribution in [2.45, 2.75) is 46.0 Å². The van der Waals surface area contributed by atoms with Gasteiger partial charge in [0, 0.05) is 0 Å². The van der Waals surface area contributed by atoms with Gasteiger partial charge in [-0.2, -0.15) is 0 Å². The highest BCUT2D eigenvalue weighted by atomic mass is 14.9. The van der Waals surface area contributed by atoms with Crippen molar-refractivity contribution >= 4 is 0 Å². The van der Waals surface area contributed by atoms with Crippen LogP contribution in [0.5, 0.6) is 0 Å². The Labute approximate surface area is 83.5 Å². The van der Waals surface area contributed by atoms with Crippen LogP contribution in [0.3, 0.4) is 0 Å². The Balaban J connectivity index is 0.000000189. The molecule has 80 valence electrons. The number of hydrogen-bond donors (Lipinski definition) is 2. The van der Waals surface area contributed by atoms with Crippen molar-refractivity contribution in [3.63, 3.8) is 0 Å². The molecule has 0 spiro atoms. The van der Waals surface area contributed by atoms with Gasteiger partial charge in [-0.25, -0.2) is 0 Å². The van der Waals surface area contributed by atoms with Gasteiger partial charge < -0.3 is 10.6 Å². The van der Waals surface area contributed by atoms with Gasteiger partial charge >= 0.3 is 0 Å². The van der Waals surface area contributed by atoms with Gasteiger partial charge in [-0.05, 0) is 51.9 Å². The Kier molecular flexibility index (Phi) is 11.8. The van der Waals surface area contributed by atoms with Crippen molar-refractivity contribution < 1.29 is 0 Å². The first-order valence-corrected chi connectivity index (χ1v) is 5.91. The minimum absolute atomic E-state index is 1.25. The lowest BCUT2D eigenvalue weighted by molar-refractivity contribution is 0.520. The highest BCUT2D eigenvalue weighted by Crippen LogP contribution is 1.96. The number of rotatable bonds is 0. The summed E-state index contributed by atoms with van der Waals surface area (Å²) in [7, 11) is 0. The molecule has 2 heterocycles. The molecule has 0 bridgehead atoms. The molecule has 0 saturated carbocycles. The van der Waals surface area contributed by atoms with Gasteiger partial charge in [-0.3, -0.25) is 0 Å². The quantitative estimate of drug-likeness (QED) is 0.606. The van der Waals surface area contributed by atoms with Crippen LogP contribution in [0.1, 0.15) is 46.0 Å². The summed E-state index contributed by atoms with van der Waals surface area (Å²) in [5, 5.41) is 6.51. The van der Waals surface area contributed by atoms with E-state index in [0.29, 0.717) is 0 Å². The SMILES string of the molecule is C1CCNC1.C1CCNCC1.CC. The average molecular weight is 186 g/mol. The monoisotopic (exact) mass is 186 g/mol. The van der Waals surface area contributed by atoms with E-state index in [4.69, 9.17) is 0 Å². The largest absolute Gasteiger partial charge is 0.317 e. The topological polar surface area (TPSA) is 24.1 Å². The summed E-state index contributed by atoms with van der Waals surface area (Å²) in [4.78, 5) is 0. The maximum absolute atomic E-state index is 3.28. The fraction of sp³-hybridized carbons (Fsp3) is 1.00. The van der Waals surface area contributed by atoms with Crippen LogP contribution in [-0.4, -0.2) is 26.2 Å². The van der Waals surface area contributed by atoms with E-state index in [0.717, 1.165) is 0 Å². The summed E-state index contributed by atoms with van der Waals surface area (Å²) >= 11 is 0. The van der Waals surface area contributed by atoms with E-state index in [9.17, 15) is 0 Å². The molecule has 2 N–H and O–H groups in total. The summed E-state index contributed by atoms with van der Waals surface area (Å²) in [6.07, 6.45) is 6.99. The van der Waals surface area contributed by atoms with Gasteiger partial charge in [0.1, 0.15) is 0 Å². The Morgan fingerprint density at radius 3 is 1.00 bits per heavy atom. The third-order valence-corrected chi connectivity index (χ3v) is 2.16. The molecule has 2 nitrogen and oxygen atoms in total.